The van der Waals surface area contributed by atoms with Crippen LogP contribution in [-0.4, -0.2) is 24.0 Å². The van der Waals surface area contributed by atoms with Crippen LogP contribution in [-0.2, 0) is 0 Å². The minimum absolute atomic E-state index is 0.486. The van der Waals surface area contributed by atoms with Crippen LogP contribution in [0.3, 0.4) is 0 Å². The fourth-order valence-corrected chi connectivity index (χ4v) is 1.80. The van der Waals surface area contributed by atoms with Crippen LogP contribution in [0.25, 0.3) is 0 Å². The van der Waals surface area contributed by atoms with E-state index in [1.165, 1.54) is 25.7 Å². The van der Waals surface area contributed by atoms with E-state index in [-0.39, 0.29) is 0 Å². The highest BCUT2D eigenvalue weighted by Crippen LogP contribution is 2.15. The maximum Gasteiger partial charge on any atom is 0.0868 e. The van der Waals surface area contributed by atoms with Crippen LogP contribution in [0.4, 0.5) is 0 Å². The van der Waals surface area contributed by atoms with Crippen molar-refractivity contribution in [3.05, 3.63) is 0 Å². The first-order valence-corrected chi connectivity index (χ1v) is 6.26. The largest absolute Gasteiger partial charge is 0.288 e. The molecule has 0 aromatic carbocycles. The minimum Gasteiger partial charge on any atom is -0.288 e. The number of hydrogen-bond acceptors (Lipinski definition) is 2. The summed E-state index contributed by atoms with van der Waals surface area (Å²) in [6.45, 7) is 10.5. The van der Waals surface area contributed by atoms with Crippen LogP contribution in [0.2, 0.25) is 0 Å². The van der Waals surface area contributed by atoms with E-state index in [0.29, 0.717) is 12.6 Å². The lowest BCUT2D eigenvalue weighted by Gasteiger charge is -2.28. The van der Waals surface area contributed by atoms with Gasteiger partial charge in [0.2, 0.25) is 0 Å². The minimum atomic E-state index is 0.486. The van der Waals surface area contributed by atoms with Crippen LogP contribution in [0.5, 0.6) is 0 Å². The summed E-state index contributed by atoms with van der Waals surface area (Å²) in [5.41, 5.74) is 0. The van der Waals surface area contributed by atoms with E-state index in [4.69, 9.17) is 5.26 Å². The van der Waals surface area contributed by atoms with Gasteiger partial charge in [0.05, 0.1) is 12.6 Å². The number of rotatable bonds is 8. The Kier molecular flexibility index (Phi) is 8.41. The van der Waals surface area contributed by atoms with Gasteiger partial charge in [0.1, 0.15) is 0 Å². The fourth-order valence-electron chi connectivity index (χ4n) is 1.80. The zero-order valence-electron chi connectivity index (χ0n) is 10.8. The zero-order valence-corrected chi connectivity index (χ0v) is 10.8. The third-order valence-corrected chi connectivity index (χ3v) is 3.04. The lowest BCUT2D eigenvalue weighted by atomic mass is 9.98. The predicted molar refractivity (Wildman–Crippen MR) is 65.6 cm³/mol. The van der Waals surface area contributed by atoms with Gasteiger partial charge in [-0.2, -0.15) is 5.26 Å². The van der Waals surface area contributed by atoms with Crippen LogP contribution >= 0.6 is 0 Å². The summed E-state index contributed by atoms with van der Waals surface area (Å²) < 4.78 is 0. The molecule has 2 heteroatoms. The van der Waals surface area contributed by atoms with Crippen molar-refractivity contribution in [1.29, 1.82) is 5.26 Å². The Morgan fingerprint density at radius 1 is 1.27 bits per heavy atom. The molecule has 0 spiro atoms. The predicted octanol–water partition coefficient (Wildman–Crippen LogP) is 3.44. The van der Waals surface area contributed by atoms with Crippen molar-refractivity contribution in [2.75, 3.05) is 13.1 Å². The summed E-state index contributed by atoms with van der Waals surface area (Å²) in [5.74, 6) is 0.765. The molecular formula is C13H26N2. The van der Waals surface area contributed by atoms with E-state index < -0.39 is 0 Å². The number of hydrogen-bond donors (Lipinski definition) is 0. The first-order valence-electron chi connectivity index (χ1n) is 6.26. The molecule has 1 unspecified atom stereocenters. The molecule has 0 radical (unpaired) electrons. The van der Waals surface area contributed by atoms with Gasteiger partial charge in [0.25, 0.3) is 0 Å². The molecule has 0 amide bonds. The van der Waals surface area contributed by atoms with Gasteiger partial charge in [-0.05, 0) is 26.2 Å². The van der Waals surface area contributed by atoms with Crippen molar-refractivity contribution in [1.82, 2.24) is 4.90 Å². The normalized spacial score (nSPS) is 13.1. The fraction of sp³-hybridized carbons (Fsp3) is 0.923. The second-order valence-electron chi connectivity index (χ2n) is 4.60. The molecule has 0 aliphatic heterocycles. The van der Waals surface area contributed by atoms with Gasteiger partial charge in [-0.1, -0.05) is 33.1 Å². The second kappa shape index (κ2) is 8.73. The Morgan fingerprint density at radius 3 is 2.33 bits per heavy atom. The van der Waals surface area contributed by atoms with Gasteiger partial charge >= 0.3 is 0 Å². The van der Waals surface area contributed by atoms with Crippen molar-refractivity contribution in [2.24, 2.45) is 5.92 Å². The molecule has 0 aromatic rings. The van der Waals surface area contributed by atoms with Crippen molar-refractivity contribution in [3.8, 4) is 6.07 Å². The van der Waals surface area contributed by atoms with E-state index in [9.17, 15) is 0 Å². The molecule has 0 aliphatic rings. The summed E-state index contributed by atoms with van der Waals surface area (Å²) in [4.78, 5) is 2.28. The van der Waals surface area contributed by atoms with E-state index in [2.05, 4.69) is 38.7 Å². The van der Waals surface area contributed by atoms with E-state index in [1.54, 1.807) is 0 Å². The van der Waals surface area contributed by atoms with E-state index in [0.717, 1.165) is 12.5 Å². The number of nitrogens with zero attached hydrogens (tertiary/aromatic N) is 2. The average molecular weight is 210 g/mol. The Bertz CT molecular complexity index is 181. The molecule has 0 aromatic heterocycles. The Morgan fingerprint density at radius 2 is 1.93 bits per heavy atom. The standard InChI is InChI=1S/C13H26N2/c1-5-7-8-13(6-2)11-15(10-9-14)12(3)4/h12-13H,5-8,10-11H2,1-4H3. The molecule has 15 heavy (non-hydrogen) atoms. The topological polar surface area (TPSA) is 27.0 Å². The molecule has 0 fully saturated rings. The molecule has 88 valence electrons. The van der Waals surface area contributed by atoms with Crippen molar-refractivity contribution < 1.29 is 0 Å². The van der Waals surface area contributed by atoms with Crippen molar-refractivity contribution in [2.45, 2.75) is 59.4 Å². The van der Waals surface area contributed by atoms with Gasteiger partial charge in [0, 0.05) is 12.6 Å². The lowest BCUT2D eigenvalue weighted by Crippen LogP contribution is -2.35. The highest BCUT2D eigenvalue weighted by molar-refractivity contribution is 4.80. The van der Waals surface area contributed by atoms with Crippen molar-refractivity contribution >= 4 is 0 Å². The zero-order chi connectivity index (χ0) is 11.7. The molecule has 0 aliphatic carbocycles. The highest BCUT2D eigenvalue weighted by atomic mass is 15.1. The van der Waals surface area contributed by atoms with Crippen LogP contribution in [0.1, 0.15) is 53.4 Å². The molecule has 0 N–H and O–H groups in total. The summed E-state index contributed by atoms with van der Waals surface area (Å²) in [5, 5.41) is 8.76. The van der Waals surface area contributed by atoms with Gasteiger partial charge in [-0.25, -0.2) is 0 Å². The number of unbranched alkanes of at least 4 members (excludes halogenated alkanes) is 1. The summed E-state index contributed by atoms with van der Waals surface area (Å²) >= 11 is 0. The third-order valence-electron chi connectivity index (χ3n) is 3.04. The van der Waals surface area contributed by atoms with Crippen molar-refractivity contribution in [3.63, 3.8) is 0 Å². The van der Waals surface area contributed by atoms with Crippen LogP contribution in [0, 0.1) is 17.2 Å². The van der Waals surface area contributed by atoms with Gasteiger partial charge < -0.3 is 0 Å². The average Bonchev–Trinajstić information content (AvgIpc) is 2.22. The summed E-state index contributed by atoms with van der Waals surface area (Å²) in [6.07, 6.45) is 5.13. The molecular weight excluding hydrogens is 184 g/mol. The summed E-state index contributed by atoms with van der Waals surface area (Å²) in [6, 6.07) is 2.75. The van der Waals surface area contributed by atoms with E-state index >= 15 is 0 Å². The number of nitriles is 1. The monoisotopic (exact) mass is 210 g/mol. The van der Waals surface area contributed by atoms with E-state index in [1.807, 2.05) is 0 Å². The molecule has 0 saturated heterocycles. The molecule has 0 heterocycles. The summed E-state index contributed by atoms with van der Waals surface area (Å²) in [7, 11) is 0. The SMILES string of the molecule is CCCCC(CC)CN(CC#N)C(C)C. The molecule has 0 saturated carbocycles. The maximum atomic E-state index is 8.76. The smallest absolute Gasteiger partial charge is 0.0868 e. The second-order valence-corrected chi connectivity index (χ2v) is 4.60. The lowest BCUT2D eigenvalue weighted by molar-refractivity contribution is 0.199. The Labute approximate surface area is 95.3 Å². The van der Waals surface area contributed by atoms with Crippen LogP contribution < -0.4 is 0 Å². The maximum absolute atomic E-state index is 8.76. The van der Waals surface area contributed by atoms with Gasteiger partial charge in [-0.3, -0.25) is 4.90 Å². The quantitative estimate of drug-likeness (QED) is 0.574. The first kappa shape index (κ1) is 14.5. The van der Waals surface area contributed by atoms with Gasteiger partial charge in [-0.15, -0.1) is 0 Å². The van der Waals surface area contributed by atoms with Crippen LogP contribution in [0.15, 0.2) is 0 Å². The van der Waals surface area contributed by atoms with Gasteiger partial charge in [0.15, 0.2) is 0 Å². The Hall–Kier alpha value is -0.550. The molecule has 2 nitrogen and oxygen atoms in total. The first-order chi connectivity index (χ1) is 7.15. The highest BCUT2D eigenvalue weighted by Gasteiger charge is 2.14. The molecule has 0 rings (SSSR count). The Balaban J connectivity index is 4.04. The molecule has 0 bridgehead atoms. The third kappa shape index (κ3) is 6.52. The molecule has 1 atom stereocenters.